The van der Waals surface area contributed by atoms with Crippen LogP contribution in [-0.4, -0.2) is 40.7 Å². The second-order valence-electron chi connectivity index (χ2n) is 8.34. The summed E-state index contributed by atoms with van der Waals surface area (Å²) in [6.07, 6.45) is 0.857. The minimum atomic E-state index is -0.107. The minimum absolute atomic E-state index is 0.0135. The van der Waals surface area contributed by atoms with Crippen molar-refractivity contribution in [2.45, 2.75) is 39.3 Å². The monoisotopic (exact) mass is 432 g/mol. The van der Waals surface area contributed by atoms with Crippen molar-refractivity contribution < 1.29 is 9.59 Å². The lowest BCUT2D eigenvalue weighted by atomic mass is 9.92. The van der Waals surface area contributed by atoms with Gasteiger partial charge in [0.2, 0.25) is 5.91 Å². The maximum atomic E-state index is 13.6. The van der Waals surface area contributed by atoms with Gasteiger partial charge in [0.1, 0.15) is 6.54 Å². The molecule has 2 heterocycles. The van der Waals surface area contributed by atoms with Crippen molar-refractivity contribution in [1.29, 1.82) is 0 Å². The third-order valence-electron chi connectivity index (χ3n) is 5.89. The zero-order valence-corrected chi connectivity index (χ0v) is 19.1. The number of carbonyl (C=O) groups excluding carboxylic acids is 2. The lowest BCUT2D eigenvalue weighted by Gasteiger charge is -2.38. The molecule has 160 valence electrons. The number of rotatable bonds is 5. The molecule has 2 amide bonds. The Hall–Kier alpha value is -2.92. The van der Waals surface area contributed by atoms with Gasteiger partial charge in [-0.2, -0.15) is 0 Å². The molecule has 1 atom stereocenters. The van der Waals surface area contributed by atoms with Crippen LogP contribution in [0.25, 0.3) is 0 Å². The smallest absolute Gasteiger partial charge is 0.254 e. The van der Waals surface area contributed by atoms with E-state index >= 15 is 0 Å². The molecule has 4 nitrogen and oxygen atoms in total. The number of thiophene rings is 1. The van der Waals surface area contributed by atoms with Crippen molar-refractivity contribution in [3.05, 3.63) is 93.2 Å². The first-order chi connectivity index (χ1) is 15.0. The summed E-state index contributed by atoms with van der Waals surface area (Å²) in [5.74, 6) is -0.121. The molecule has 3 aromatic rings. The van der Waals surface area contributed by atoms with Gasteiger partial charge in [0.15, 0.2) is 0 Å². The molecule has 1 aliphatic rings. The molecule has 0 saturated carbocycles. The quantitative estimate of drug-likeness (QED) is 0.564. The maximum absolute atomic E-state index is 13.6. The molecule has 0 bridgehead atoms. The molecular weight excluding hydrogens is 404 g/mol. The summed E-state index contributed by atoms with van der Waals surface area (Å²) in [7, 11) is 0. The van der Waals surface area contributed by atoms with Crippen LogP contribution in [0.2, 0.25) is 0 Å². The largest absolute Gasteiger partial charge is 0.330 e. The predicted molar refractivity (Wildman–Crippen MR) is 125 cm³/mol. The highest BCUT2D eigenvalue weighted by molar-refractivity contribution is 7.10. The summed E-state index contributed by atoms with van der Waals surface area (Å²) < 4.78 is 0. The van der Waals surface area contributed by atoms with E-state index < -0.39 is 0 Å². The maximum Gasteiger partial charge on any atom is 0.254 e. The van der Waals surface area contributed by atoms with E-state index in [0.29, 0.717) is 12.1 Å². The highest BCUT2D eigenvalue weighted by Crippen LogP contribution is 2.38. The number of amides is 2. The van der Waals surface area contributed by atoms with E-state index in [0.717, 1.165) is 12.0 Å². The van der Waals surface area contributed by atoms with Crippen molar-refractivity contribution in [2.75, 3.05) is 13.1 Å². The Kier molecular flexibility index (Phi) is 6.23. The molecule has 0 saturated heterocycles. The average Bonchev–Trinajstić information content (AvgIpc) is 3.26. The van der Waals surface area contributed by atoms with Gasteiger partial charge < -0.3 is 9.80 Å². The third kappa shape index (κ3) is 4.42. The van der Waals surface area contributed by atoms with Gasteiger partial charge >= 0.3 is 0 Å². The molecular formula is C26H28N2O2S. The molecule has 5 heteroatoms. The molecule has 1 unspecified atom stereocenters. The minimum Gasteiger partial charge on any atom is -0.330 e. The van der Waals surface area contributed by atoms with E-state index in [1.807, 2.05) is 36.9 Å². The van der Waals surface area contributed by atoms with Gasteiger partial charge in [-0.15, -0.1) is 11.3 Å². The Labute approximate surface area is 188 Å². The fourth-order valence-corrected chi connectivity index (χ4v) is 5.07. The summed E-state index contributed by atoms with van der Waals surface area (Å²) in [5, 5.41) is 2.11. The topological polar surface area (TPSA) is 40.6 Å². The lowest BCUT2D eigenvalue weighted by molar-refractivity contribution is -0.134. The van der Waals surface area contributed by atoms with Gasteiger partial charge in [-0.25, -0.2) is 0 Å². The van der Waals surface area contributed by atoms with Gasteiger partial charge in [-0.1, -0.05) is 48.0 Å². The van der Waals surface area contributed by atoms with E-state index in [1.165, 1.54) is 16.0 Å². The normalized spacial score (nSPS) is 15.6. The zero-order chi connectivity index (χ0) is 22.0. The van der Waals surface area contributed by atoms with Crippen molar-refractivity contribution in [3.63, 3.8) is 0 Å². The van der Waals surface area contributed by atoms with Crippen LogP contribution >= 0.6 is 11.3 Å². The number of hydrogen-bond donors (Lipinski definition) is 0. The van der Waals surface area contributed by atoms with Gasteiger partial charge in [0, 0.05) is 23.0 Å². The Morgan fingerprint density at radius 3 is 2.45 bits per heavy atom. The second kappa shape index (κ2) is 9.06. The molecule has 1 aromatic heterocycles. The number of fused-ring (bicyclic) bond motifs is 1. The fraction of sp³-hybridized carbons (Fsp3) is 0.308. The van der Waals surface area contributed by atoms with E-state index in [4.69, 9.17) is 0 Å². The molecule has 0 fully saturated rings. The molecule has 0 radical (unpaired) electrons. The molecule has 4 rings (SSSR count). The number of benzene rings is 2. The summed E-state index contributed by atoms with van der Waals surface area (Å²) >= 11 is 1.76. The molecule has 0 aliphatic carbocycles. The number of hydrogen-bond acceptors (Lipinski definition) is 3. The lowest BCUT2D eigenvalue weighted by Crippen LogP contribution is -2.48. The Morgan fingerprint density at radius 1 is 1.06 bits per heavy atom. The van der Waals surface area contributed by atoms with E-state index in [-0.39, 0.29) is 30.4 Å². The van der Waals surface area contributed by atoms with E-state index in [2.05, 4.69) is 42.6 Å². The Balaban J connectivity index is 1.62. The van der Waals surface area contributed by atoms with Crippen LogP contribution in [0.15, 0.2) is 66.0 Å². The summed E-state index contributed by atoms with van der Waals surface area (Å²) in [4.78, 5) is 31.6. The standard InChI is InChI=1S/C26H28N2O2S/c1-18(2)28(26(30)21-7-5-4-6-8-21)17-24(29)27-15-13-23-22(14-16-31-23)25(27)20-11-9-19(3)10-12-20/h4-12,14,16,18,25H,13,15,17H2,1-3H3. The van der Waals surface area contributed by atoms with Gasteiger partial charge in [-0.3, -0.25) is 9.59 Å². The summed E-state index contributed by atoms with van der Waals surface area (Å²) in [6, 6.07) is 19.6. The van der Waals surface area contributed by atoms with Crippen LogP contribution in [0.3, 0.4) is 0 Å². The Bertz CT molecular complexity index is 1060. The SMILES string of the molecule is Cc1ccc(C2c3ccsc3CCN2C(=O)CN(C(=O)c2ccccc2)C(C)C)cc1. The molecule has 1 aliphatic heterocycles. The highest BCUT2D eigenvalue weighted by Gasteiger charge is 2.34. The second-order valence-corrected chi connectivity index (χ2v) is 9.34. The van der Waals surface area contributed by atoms with Gasteiger partial charge in [0.05, 0.1) is 6.04 Å². The van der Waals surface area contributed by atoms with Crippen LogP contribution in [0.1, 0.15) is 51.8 Å². The number of carbonyl (C=O) groups is 2. The summed E-state index contributed by atoms with van der Waals surface area (Å²) in [6.45, 7) is 6.72. The molecule has 2 aromatic carbocycles. The first-order valence-electron chi connectivity index (χ1n) is 10.7. The Morgan fingerprint density at radius 2 is 1.77 bits per heavy atom. The molecule has 0 spiro atoms. The van der Waals surface area contributed by atoms with E-state index in [9.17, 15) is 9.59 Å². The predicted octanol–water partition coefficient (Wildman–Crippen LogP) is 5.08. The number of aryl methyl sites for hydroxylation is 1. The molecule has 0 N–H and O–H groups in total. The summed E-state index contributed by atoms with van der Waals surface area (Å²) in [5.41, 5.74) is 4.13. The third-order valence-corrected chi connectivity index (χ3v) is 6.89. The van der Waals surface area contributed by atoms with Crippen LogP contribution in [0.5, 0.6) is 0 Å². The van der Waals surface area contributed by atoms with Crippen molar-refractivity contribution in [1.82, 2.24) is 9.80 Å². The van der Waals surface area contributed by atoms with Crippen LogP contribution in [-0.2, 0) is 11.2 Å². The van der Waals surface area contributed by atoms with Crippen LogP contribution < -0.4 is 0 Å². The zero-order valence-electron chi connectivity index (χ0n) is 18.2. The van der Waals surface area contributed by atoms with Gasteiger partial charge in [0.25, 0.3) is 5.91 Å². The van der Waals surface area contributed by atoms with Crippen molar-refractivity contribution in [2.24, 2.45) is 0 Å². The first kappa shape index (κ1) is 21.3. The van der Waals surface area contributed by atoms with Gasteiger partial charge in [-0.05, 0) is 61.9 Å². The highest BCUT2D eigenvalue weighted by atomic mass is 32.1. The van der Waals surface area contributed by atoms with Crippen LogP contribution in [0.4, 0.5) is 0 Å². The van der Waals surface area contributed by atoms with E-state index in [1.54, 1.807) is 28.4 Å². The van der Waals surface area contributed by atoms with Crippen molar-refractivity contribution >= 4 is 23.2 Å². The first-order valence-corrected chi connectivity index (χ1v) is 11.6. The number of nitrogens with zero attached hydrogens (tertiary/aromatic N) is 2. The van der Waals surface area contributed by atoms with Crippen molar-refractivity contribution in [3.8, 4) is 0 Å². The molecule has 31 heavy (non-hydrogen) atoms. The average molecular weight is 433 g/mol. The fourth-order valence-electron chi connectivity index (χ4n) is 4.17. The van der Waals surface area contributed by atoms with Crippen LogP contribution in [0, 0.1) is 6.92 Å².